The second-order valence-corrected chi connectivity index (χ2v) is 7.08. The van der Waals surface area contributed by atoms with Crippen LogP contribution in [0, 0.1) is 0 Å². The minimum atomic E-state index is -0.508. The number of aromatic nitrogens is 2. The molecule has 6 nitrogen and oxygen atoms in total. The summed E-state index contributed by atoms with van der Waals surface area (Å²) in [4.78, 5) is 37.6. The van der Waals surface area contributed by atoms with E-state index in [4.69, 9.17) is 0 Å². The van der Waals surface area contributed by atoms with Crippen molar-refractivity contribution >= 4 is 11.6 Å². The van der Waals surface area contributed by atoms with Crippen molar-refractivity contribution in [3.63, 3.8) is 0 Å². The number of nitrogens with one attached hydrogen (secondary N) is 1. The number of benzene rings is 2. The van der Waals surface area contributed by atoms with Crippen LogP contribution >= 0.6 is 0 Å². The van der Waals surface area contributed by atoms with Crippen molar-refractivity contribution < 1.29 is 4.79 Å². The second-order valence-electron chi connectivity index (χ2n) is 7.08. The van der Waals surface area contributed by atoms with Crippen LogP contribution in [-0.2, 0) is 17.9 Å². The van der Waals surface area contributed by atoms with Crippen molar-refractivity contribution in [3.05, 3.63) is 98.8 Å². The van der Waals surface area contributed by atoms with Crippen LogP contribution in [-0.4, -0.2) is 15.0 Å². The molecule has 1 atom stereocenters. The first kappa shape index (κ1) is 20.3. The molecule has 150 valence electrons. The SMILES string of the molecule is CC[C@H](C)c1ccccc1NC(=O)Cn1c(=O)ccn(Cc2ccccc2)c1=O. The van der Waals surface area contributed by atoms with E-state index in [-0.39, 0.29) is 12.5 Å². The van der Waals surface area contributed by atoms with Crippen LogP contribution in [0.25, 0.3) is 0 Å². The molecule has 0 aliphatic rings. The molecule has 0 saturated heterocycles. The Morgan fingerprint density at radius 3 is 2.41 bits per heavy atom. The van der Waals surface area contributed by atoms with E-state index >= 15 is 0 Å². The third-order valence-electron chi connectivity index (χ3n) is 5.02. The van der Waals surface area contributed by atoms with Crippen LogP contribution in [0.2, 0.25) is 0 Å². The average Bonchev–Trinajstić information content (AvgIpc) is 2.74. The Morgan fingerprint density at radius 2 is 1.69 bits per heavy atom. The Balaban J connectivity index is 1.82. The number of amides is 1. The van der Waals surface area contributed by atoms with Crippen molar-refractivity contribution in [2.24, 2.45) is 0 Å². The zero-order chi connectivity index (χ0) is 20.8. The van der Waals surface area contributed by atoms with Gasteiger partial charge in [0, 0.05) is 18.0 Å². The zero-order valence-corrected chi connectivity index (χ0v) is 16.7. The molecule has 1 N–H and O–H groups in total. The van der Waals surface area contributed by atoms with Gasteiger partial charge in [-0.3, -0.25) is 18.7 Å². The van der Waals surface area contributed by atoms with Gasteiger partial charge in [-0.2, -0.15) is 0 Å². The van der Waals surface area contributed by atoms with Gasteiger partial charge in [0.1, 0.15) is 6.54 Å². The quantitative estimate of drug-likeness (QED) is 0.672. The van der Waals surface area contributed by atoms with Crippen LogP contribution < -0.4 is 16.6 Å². The normalized spacial score (nSPS) is 11.8. The number of hydrogen-bond acceptors (Lipinski definition) is 3. The highest BCUT2D eigenvalue weighted by atomic mass is 16.2. The Labute approximate surface area is 169 Å². The molecule has 0 fully saturated rings. The number of carbonyl (C=O) groups is 1. The molecule has 1 aromatic heterocycles. The van der Waals surface area contributed by atoms with Gasteiger partial charge in [-0.25, -0.2) is 4.79 Å². The maximum atomic E-state index is 12.7. The van der Waals surface area contributed by atoms with Crippen LogP contribution in [0.3, 0.4) is 0 Å². The molecular formula is C23H25N3O3. The van der Waals surface area contributed by atoms with Crippen LogP contribution in [0.15, 0.2) is 76.4 Å². The van der Waals surface area contributed by atoms with Crippen molar-refractivity contribution in [1.82, 2.24) is 9.13 Å². The smallest absolute Gasteiger partial charge is 0.324 e. The lowest BCUT2D eigenvalue weighted by molar-refractivity contribution is -0.116. The van der Waals surface area contributed by atoms with E-state index in [2.05, 4.69) is 19.2 Å². The van der Waals surface area contributed by atoms with Crippen LogP contribution in [0.5, 0.6) is 0 Å². The van der Waals surface area contributed by atoms with Gasteiger partial charge in [0.2, 0.25) is 5.91 Å². The second kappa shape index (κ2) is 9.19. The Morgan fingerprint density at radius 1 is 1.00 bits per heavy atom. The van der Waals surface area contributed by atoms with Gasteiger partial charge >= 0.3 is 5.69 Å². The zero-order valence-electron chi connectivity index (χ0n) is 16.7. The molecule has 6 heteroatoms. The van der Waals surface area contributed by atoms with Gasteiger partial charge in [0.15, 0.2) is 0 Å². The molecule has 0 saturated carbocycles. The first-order valence-electron chi connectivity index (χ1n) is 9.72. The molecule has 0 aliphatic carbocycles. The number of para-hydroxylation sites is 1. The van der Waals surface area contributed by atoms with E-state index in [0.717, 1.165) is 22.1 Å². The topological polar surface area (TPSA) is 73.1 Å². The van der Waals surface area contributed by atoms with Crippen molar-refractivity contribution in [1.29, 1.82) is 0 Å². The van der Waals surface area contributed by atoms with E-state index in [1.165, 1.54) is 16.8 Å². The summed E-state index contributed by atoms with van der Waals surface area (Å²) < 4.78 is 2.39. The molecule has 1 heterocycles. The van der Waals surface area contributed by atoms with E-state index in [1.807, 2.05) is 54.6 Å². The first-order chi connectivity index (χ1) is 14.0. The lowest BCUT2D eigenvalue weighted by Crippen LogP contribution is -2.41. The maximum absolute atomic E-state index is 12.7. The Hall–Kier alpha value is -3.41. The summed E-state index contributed by atoms with van der Waals surface area (Å²) in [5.41, 5.74) is 1.67. The molecule has 2 aromatic carbocycles. The number of carbonyl (C=O) groups excluding carboxylic acids is 1. The minimum absolute atomic E-state index is 0.286. The summed E-state index contributed by atoms with van der Waals surface area (Å²) >= 11 is 0. The molecule has 3 aromatic rings. The standard InChI is InChI=1S/C23H25N3O3/c1-3-17(2)19-11-7-8-12-20(19)24-21(27)16-26-22(28)13-14-25(23(26)29)15-18-9-5-4-6-10-18/h4-14,17H,3,15-16H2,1-2H3,(H,24,27)/t17-/m0/s1. The summed E-state index contributed by atoms with van der Waals surface area (Å²) in [6, 6.07) is 18.4. The predicted molar refractivity (Wildman–Crippen MR) is 114 cm³/mol. The maximum Gasteiger partial charge on any atom is 0.331 e. The molecular weight excluding hydrogens is 366 g/mol. The van der Waals surface area contributed by atoms with Crippen LogP contribution in [0.4, 0.5) is 5.69 Å². The minimum Gasteiger partial charge on any atom is -0.324 e. The number of hydrogen-bond donors (Lipinski definition) is 1. The van der Waals surface area contributed by atoms with Gasteiger partial charge in [0.25, 0.3) is 5.56 Å². The number of anilines is 1. The van der Waals surface area contributed by atoms with Gasteiger partial charge in [0.05, 0.1) is 6.54 Å². The molecule has 0 aliphatic heterocycles. The summed E-state index contributed by atoms with van der Waals surface area (Å²) in [6.45, 7) is 4.18. The molecule has 0 bridgehead atoms. The Bertz CT molecular complexity index is 1100. The number of rotatable bonds is 7. The molecule has 29 heavy (non-hydrogen) atoms. The number of nitrogens with zero attached hydrogens (tertiary/aromatic N) is 2. The molecule has 3 rings (SSSR count). The van der Waals surface area contributed by atoms with Gasteiger partial charge in [-0.15, -0.1) is 0 Å². The van der Waals surface area contributed by atoms with Crippen molar-refractivity contribution in [2.75, 3.05) is 5.32 Å². The van der Waals surface area contributed by atoms with E-state index in [1.54, 1.807) is 0 Å². The summed E-state index contributed by atoms with van der Waals surface area (Å²) in [6.07, 6.45) is 2.40. The molecule has 0 radical (unpaired) electrons. The predicted octanol–water partition coefficient (Wildman–Crippen LogP) is 3.21. The highest BCUT2D eigenvalue weighted by molar-refractivity contribution is 5.91. The summed E-state index contributed by atoms with van der Waals surface area (Å²) in [7, 11) is 0. The fourth-order valence-corrected chi connectivity index (χ4v) is 3.20. The fourth-order valence-electron chi connectivity index (χ4n) is 3.20. The highest BCUT2D eigenvalue weighted by Gasteiger charge is 2.14. The van der Waals surface area contributed by atoms with Gasteiger partial charge < -0.3 is 5.32 Å². The van der Waals surface area contributed by atoms with E-state index in [9.17, 15) is 14.4 Å². The first-order valence-corrected chi connectivity index (χ1v) is 9.72. The van der Waals surface area contributed by atoms with Crippen LogP contribution in [0.1, 0.15) is 37.3 Å². The summed E-state index contributed by atoms with van der Waals surface area (Å²) in [5, 5.41) is 2.85. The average molecular weight is 391 g/mol. The Kier molecular flexibility index (Phi) is 6.44. The van der Waals surface area contributed by atoms with E-state index < -0.39 is 17.2 Å². The molecule has 0 spiro atoms. The van der Waals surface area contributed by atoms with Crippen molar-refractivity contribution in [2.45, 2.75) is 39.3 Å². The lowest BCUT2D eigenvalue weighted by Gasteiger charge is -2.16. The fraction of sp³-hybridized carbons (Fsp3) is 0.261. The largest absolute Gasteiger partial charge is 0.331 e. The lowest BCUT2D eigenvalue weighted by atomic mass is 9.97. The monoisotopic (exact) mass is 391 g/mol. The summed E-state index contributed by atoms with van der Waals surface area (Å²) in [5.74, 6) is -0.119. The highest BCUT2D eigenvalue weighted by Crippen LogP contribution is 2.26. The van der Waals surface area contributed by atoms with Gasteiger partial charge in [-0.1, -0.05) is 62.4 Å². The molecule has 1 amide bonds. The third-order valence-corrected chi connectivity index (χ3v) is 5.02. The van der Waals surface area contributed by atoms with Crippen molar-refractivity contribution in [3.8, 4) is 0 Å². The van der Waals surface area contributed by atoms with E-state index in [0.29, 0.717) is 12.2 Å². The van der Waals surface area contributed by atoms with Gasteiger partial charge in [-0.05, 0) is 29.5 Å². The molecule has 0 unspecified atom stereocenters. The third kappa shape index (κ3) is 4.90.